The van der Waals surface area contributed by atoms with Crippen LogP contribution < -0.4 is 4.74 Å². The number of fused-ring (bicyclic) bond motifs is 1. The van der Waals surface area contributed by atoms with Crippen LogP contribution in [0.4, 0.5) is 0 Å². The first kappa shape index (κ1) is 24.7. The Morgan fingerprint density at radius 1 is 1.28 bits per heavy atom. The highest BCUT2D eigenvalue weighted by molar-refractivity contribution is 7.53. The van der Waals surface area contributed by atoms with Crippen molar-refractivity contribution in [3.63, 3.8) is 0 Å². The molecule has 2 aromatic heterocycles. The van der Waals surface area contributed by atoms with Crippen molar-refractivity contribution in [1.29, 1.82) is 0 Å². The van der Waals surface area contributed by atoms with Crippen LogP contribution in [0.1, 0.15) is 20.1 Å². The van der Waals surface area contributed by atoms with Crippen molar-refractivity contribution in [3.8, 4) is 5.88 Å². The summed E-state index contributed by atoms with van der Waals surface area (Å²) in [6, 6.07) is 0. The molecule has 178 valence electrons. The lowest BCUT2D eigenvalue weighted by molar-refractivity contribution is -0.155. The van der Waals surface area contributed by atoms with Gasteiger partial charge in [0.05, 0.1) is 26.1 Å². The zero-order chi connectivity index (χ0) is 23.6. The second kappa shape index (κ2) is 9.93. The molecule has 1 saturated heterocycles. The topological polar surface area (TPSA) is 196 Å². The van der Waals surface area contributed by atoms with Gasteiger partial charge < -0.3 is 38.9 Å². The SMILES string of the molecule is CCOC(=O)C(OC[C@H]1O[C@@H](n2cnc3c(OCC)nc(Cl)nc32)[C@H](O)[C@@H]1O)P(=O)(O)O. The number of hydrogen-bond acceptors (Lipinski definition) is 11. The van der Waals surface area contributed by atoms with Crippen LogP contribution in [0, 0.1) is 0 Å². The summed E-state index contributed by atoms with van der Waals surface area (Å²) in [7, 11) is -5.02. The van der Waals surface area contributed by atoms with Gasteiger partial charge in [-0.25, -0.2) is 9.78 Å². The first-order valence-electron chi connectivity index (χ1n) is 9.46. The Labute approximate surface area is 186 Å². The number of aliphatic hydroxyl groups excluding tert-OH is 2. The van der Waals surface area contributed by atoms with Gasteiger partial charge in [-0.2, -0.15) is 9.97 Å². The third kappa shape index (κ3) is 5.02. The highest BCUT2D eigenvalue weighted by atomic mass is 35.5. The number of aromatic nitrogens is 4. The molecule has 0 radical (unpaired) electrons. The van der Waals surface area contributed by atoms with E-state index in [9.17, 15) is 29.4 Å². The van der Waals surface area contributed by atoms with Crippen LogP contribution in [0.3, 0.4) is 0 Å². The Balaban J connectivity index is 1.81. The van der Waals surface area contributed by atoms with Crippen LogP contribution in [0.5, 0.6) is 5.88 Å². The molecule has 2 aromatic rings. The quantitative estimate of drug-likeness (QED) is 0.198. The van der Waals surface area contributed by atoms with E-state index in [0.717, 1.165) is 0 Å². The summed E-state index contributed by atoms with van der Waals surface area (Å²) in [5.74, 6) is -3.35. The molecule has 0 spiro atoms. The number of aliphatic hydroxyl groups is 2. The van der Waals surface area contributed by atoms with Crippen LogP contribution in [0.15, 0.2) is 6.33 Å². The van der Waals surface area contributed by atoms with Crippen LogP contribution in [0.25, 0.3) is 11.2 Å². The molecule has 0 aliphatic carbocycles. The fourth-order valence-electron chi connectivity index (χ4n) is 3.09. The van der Waals surface area contributed by atoms with Gasteiger partial charge in [-0.3, -0.25) is 9.13 Å². The van der Waals surface area contributed by atoms with Crippen molar-refractivity contribution in [2.24, 2.45) is 0 Å². The van der Waals surface area contributed by atoms with Gasteiger partial charge in [0.1, 0.15) is 18.3 Å². The average molecular weight is 497 g/mol. The predicted octanol–water partition coefficient (Wildman–Crippen LogP) is -0.419. The Morgan fingerprint density at radius 3 is 2.62 bits per heavy atom. The Kier molecular flexibility index (Phi) is 7.68. The molecule has 1 aliphatic heterocycles. The summed E-state index contributed by atoms with van der Waals surface area (Å²) >= 11 is 5.94. The molecule has 0 amide bonds. The number of carbonyl (C=O) groups excluding carboxylic acids is 1. The number of imidazole rings is 1. The molecule has 0 saturated carbocycles. The minimum Gasteiger partial charge on any atom is -0.476 e. The summed E-state index contributed by atoms with van der Waals surface area (Å²) in [4.78, 5) is 42.7. The average Bonchev–Trinajstić information content (AvgIpc) is 3.23. The molecule has 1 fully saturated rings. The Morgan fingerprint density at radius 2 is 2.00 bits per heavy atom. The van der Waals surface area contributed by atoms with Gasteiger partial charge >= 0.3 is 13.6 Å². The van der Waals surface area contributed by atoms with Crippen molar-refractivity contribution in [1.82, 2.24) is 19.5 Å². The van der Waals surface area contributed by atoms with Gasteiger partial charge in [0.25, 0.3) is 5.85 Å². The van der Waals surface area contributed by atoms with Crippen molar-refractivity contribution in [3.05, 3.63) is 11.6 Å². The number of rotatable bonds is 9. The molecule has 5 atom stereocenters. The normalized spacial score (nSPS) is 24.6. The largest absolute Gasteiger partial charge is 0.476 e. The summed E-state index contributed by atoms with van der Waals surface area (Å²) in [5, 5.41) is 20.7. The standard InChI is InChI=1S/C16H22ClN4O10P/c1-3-28-12-8-11(19-16(17)20-12)21(6-18-8)13-10(23)9(22)7(31-13)5-30-15(32(25,26)27)14(24)29-4-2/h6-7,9-10,13,15,22-23H,3-5H2,1-2H3,(H2,25,26,27)/t7-,9-,10-,13-,15?/m1/s1. The number of hydrogen-bond donors (Lipinski definition) is 4. The Hall–Kier alpha value is -1.90. The van der Waals surface area contributed by atoms with E-state index in [-0.39, 0.29) is 35.5 Å². The molecule has 0 bridgehead atoms. The highest BCUT2D eigenvalue weighted by Crippen LogP contribution is 2.43. The van der Waals surface area contributed by atoms with Crippen LogP contribution in [0.2, 0.25) is 5.28 Å². The second-order valence-electron chi connectivity index (χ2n) is 6.63. The minimum absolute atomic E-state index is 0.119. The molecular formula is C16H22ClN4O10P. The van der Waals surface area contributed by atoms with Crippen molar-refractivity contribution >= 4 is 36.3 Å². The van der Waals surface area contributed by atoms with Crippen LogP contribution in [-0.4, -0.2) is 89.5 Å². The van der Waals surface area contributed by atoms with Crippen LogP contribution >= 0.6 is 19.2 Å². The molecule has 4 N–H and O–H groups in total. The molecule has 14 nitrogen and oxygen atoms in total. The minimum atomic E-state index is -5.02. The summed E-state index contributed by atoms with van der Waals surface area (Å²) in [5.41, 5.74) is 0.399. The van der Waals surface area contributed by atoms with E-state index in [1.165, 1.54) is 17.8 Å². The van der Waals surface area contributed by atoms with E-state index in [1.807, 2.05) is 0 Å². The van der Waals surface area contributed by atoms with Crippen LogP contribution in [-0.2, 0) is 23.6 Å². The summed E-state index contributed by atoms with van der Waals surface area (Å²) in [6.07, 6.45) is -4.21. The number of carbonyl (C=O) groups is 1. The van der Waals surface area contributed by atoms with E-state index in [1.54, 1.807) is 6.92 Å². The second-order valence-corrected chi connectivity index (χ2v) is 8.61. The third-order valence-corrected chi connectivity index (χ3v) is 5.61. The molecule has 0 aromatic carbocycles. The maximum Gasteiger partial charge on any atom is 0.365 e. The molecule has 1 unspecified atom stereocenters. The summed E-state index contributed by atoms with van der Waals surface area (Å²) < 4.78 is 33.5. The van der Waals surface area contributed by atoms with E-state index in [2.05, 4.69) is 19.7 Å². The number of ether oxygens (including phenoxy) is 4. The Bertz CT molecular complexity index is 1020. The monoisotopic (exact) mass is 496 g/mol. The molecule has 16 heteroatoms. The first-order chi connectivity index (χ1) is 15.1. The highest BCUT2D eigenvalue weighted by Gasteiger charge is 2.46. The predicted molar refractivity (Wildman–Crippen MR) is 106 cm³/mol. The number of nitrogens with zero attached hydrogens (tertiary/aromatic N) is 4. The van der Waals surface area contributed by atoms with Gasteiger partial charge in [0.15, 0.2) is 17.4 Å². The third-order valence-electron chi connectivity index (χ3n) is 4.47. The van der Waals surface area contributed by atoms with Crippen molar-refractivity contribution < 1.29 is 48.3 Å². The maximum absolute atomic E-state index is 11.8. The van der Waals surface area contributed by atoms with Gasteiger partial charge in [0, 0.05) is 0 Å². The van der Waals surface area contributed by atoms with Gasteiger partial charge in [-0.15, -0.1) is 0 Å². The van der Waals surface area contributed by atoms with E-state index in [0.29, 0.717) is 0 Å². The lowest BCUT2D eigenvalue weighted by Crippen LogP contribution is -2.36. The molecule has 3 rings (SSSR count). The zero-order valence-corrected chi connectivity index (χ0v) is 18.6. The zero-order valence-electron chi connectivity index (χ0n) is 16.9. The van der Waals surface area contributed by atoms with E-state index < -0.39 is 50.6 Å². The summed E-state index contributed by atoms with van der Waals surface area (Å²) in [6.45, 7) is 2.74. The number of halogens is 1. The number of esters is 1. The van der Waals surface area contributed by atoms with E-state index >= 15 is 0 Å². The van der Waals surface area contributed by atoms with Gasteiger partial charge in [-0.1, -0.05) is 0 Å². The smallest absolute Gasteiger partial charge is 0.365 e. The fraction of sp³-hybridized carbons (Fsp3) is 0.625. The fourth-order valence-corrected chi connectivity index (χ4v) is 3.87. The molecular weight excluding hydrogens is 475 g/mol. The maximum atomic E-state index is 11.8. The molecule has 3 heterocycles. The lowest BCUT2D eigenvalue weighted by atomic mass is 10.1. The van der Waals surface area contributed by atoms with E-state index in [4.69, 9.17) is 25.8 Å². The van der Waals surface area contributed by atoms with Gasteiger partial charge in [0.2, 0.25) is 11.2 Å². The lowest BCUT2D eigenvalue weighted by Gasteiger charge is -2.20. The van der Waals surface area contributed by atoms with Gasteiger partial charge in [-0.05, 0) is 25.4 Å². The first-order valence-corrected chi connectivity index (χ1v) is 11.5. The van der Waals surface area contributed by atoms with Crippen molar-refractivity contribution in [2.45, 2.75) is 44.2 Å². The molecule has 32 heavy (non-hydrogen) atoms. The van der Waals surface area contributed by atoms with Crippen molar-refractivity contribution in [2.75, 3.05) is 19.8 Å². The molecule has 1 aliphatic rings.